The number of aromatic nitrogens is 1. The van der Waals surface area contributed by atoms with Crippen molar-refractivity contribution in [3.05, 3.63) is 97.1 Å². The summed E-state index contributed by atoms with van der Waals surface area (Å²) < 4.78 is 1.77. The molecule has 0 bridgehead atoms. The van der Waals surface area contributed by atoms with E-state index in [0.29, 0.717) is 27.0 Å². The zero-order chi connectivity index (χ0) is 22.1. The largest absolute Gasteiger partial charge is 0.317 e. The van der Waals surface area contributed by atoms with Crippen LogP contribution in [-0.4, -0.2) is 25.5 Å². The lowest BCUT2D eigenvalue weighted by molar-refractivity contribution is -0.384. The van der Waals surface area contributed by atoms with Gasteiger partial charge in [0, 0.05) is 39.8 Å². The Bertz CT molecular complexity index is 1240. The van der Waals surface area contributed by atoms with Crippen LogP contribution < -0.4 is 0 Å². The number of thioether (sulfide) groups is 1. The highest BCUT2D eigenvalue weighted by molar-refractivity contribution is 8.18. The Morgan fingerprint density at radius 3 is 2.48 bits per heavy atom. The van der Waals surface area contributed by atoms with Crippen LogP contribution in [-0.2, 0) is 11.3 Å². The van der Waals surface area contributed by atoms with Crippen LogP contribution in [0, 0.1) is 10.1 Å². The molecule has 1 fully saturated rings. The molecule has 0 radical (unpaired) electrons. The van der Waals surface area contributed by atoms with Gasteiger partial charge in [0.05, 0.1) is 16.4 Å². The molecule has 0 aliphatic carbocycles. The van der Waals surface area contributed by atoms with E-state index in [2.05, 4.69) is 0 Å². The SMILES string of the molecule is O=C1S/C(=C\c2cccn2-c2ccc([N+](=O)[O-])cc2)C(=O)N1Cc1ccc(Cl)cc1Cl. The number of hydrogen-bond acceptors (Lipinski definition) is 5. The van der Waals surface area contributed by atoms with Crippen LogP contribution in [0.3, 0.4) is 0 Å². The number of carbonyl (C=O) groups excluding carboxylic acids is 2. The molecular weight excluding hydrogens is 461 g/mol. The van der Waals surface area contributed by atoms with Crippen LogP contribution in [0.25, 0.3) is 11.8 Å². The maximum Gasteiger partial charge on any atom is 0.293 e. The van der Waals surface area contributed by atoms with E-state index in [0.717, 1.165) is 16.7 Å². The summed E-state index contributed by atoms with van der Waals surface area (Å²) in [5.74, 6) is -0.419. The molecule has 1 aliphatic rings. The molecule has 10 heteroatoms. The molecule has 156 valence electrons. The second-order valence-electron chi connectivity index (χ2n) is 6.58. The molecular formula is C21H13Cl2N3O4S. The Labute approximate surface area is 191 Å². The predicted octanol–water partition coefficient (Wildman–Crippen LogP) is 5.93. The highest BCUT2D eigenvalue weighted by Gasteiger charge is 2.35. The highest BCUT2D eigenvalue weighted by Crippen LogP contribution is 2.35. The summed E-state index contributed by atoms with van der Waals surface area (Å²) in [6.45, 7) is 0.0430. The highest BCUT2D eigenvalue weighted by atomic mass is 35.5. The number of hydrogen-bond donors (Lipinski definition) is 0. The molecule has 2 aromatic carbocycles. The van der Waals surface area contributed by atoms with Gasteiger partial charge in [0.25, 0.3) is 16.8 Å². The lowest BCUT2D eigenvalue weighted by Crippen LogP contribution is -2.27. The molecule has 4 rings (SSSR count). The molecule has 0 atom stereocenters. The molecule has 31 heavy (non-hydrogen) atoms. The number of nitrogens with zero attached hydrogens (tertiary/aromatic N) is 3. The summed E-state index contributed by atoms with van der Waals surface area (Å²) >= 11 is 12.9. The van der Waals surface area contributed by atoms with Gasteiger partial charge in [-0.25, -0.2) is 0 Å². The maximum atomic E-state index is 12.9. The smallest absolute Gasteiger partial charge is 0.293 e. The van der Waals surface area contributed by atoms with Crippen molar-refractivity contribution in [1.29, 1.82) is 0 Å². The summed E-state index contributed by atoms with van der Waals surface area (Å²) in [6, 6.07) is 14.5. The van der Waals surface area contributed by atoms with Crippen molar-refractivity contribution in [2.75, 3.05) is 0 Å². The average molecular weight is 474 g/mol. The molecule has 1 aromatic heterocycles. The first-order valence-electron chi connectivity index (χ1n) is 8.95. The molecule has 0 unspecified atom stereocenters. The Morgan fingerprint density at radius 1 is 1.06 bits per heavy atom. The lowest BCUT2D eigenvalue weighted by atomic mass is 10.2. The summed E-state index contributed by atoms with van der Waals surface area (Å²) in [6.07, 6.45) is 3.39. The van der Waals surface area contributed by atoms with Gasteiger partial charge in [-0.3, -0.25) is 24.6 Å². The Morgan fingerprint density at radius 2 is 1.81 bits per heavy atom. The summed E-state index contributed by atoms with van der Waals surface area (Å²) in [4.78, 5) is 37.1. The third-order valence-electron chi connectivity index (χ3n) is 4.62. The van der Waals surface area contributed by atoms with Crippen LogP contribution in [0.1, 0.15) is 11.3 Å². The van der Waals surface area contributed by atoms with Crippen LogP contribution in [0.2, 0.25) is 10.0 Å². The standard InChI is InChI=1S/C21H13Cl2N3O4S/c22-14-4-3-13(18(23)10-14)12-25-20(27)19(31-21(25)28)11-17-2-1-9-24(17)15-5-7-16(8-6-15)26(29)30/h1-11H,12H2/b19-11-. The third-order valence-corrected chi connectivity index (χ3v) is 6.11. The first-order chi connectivity index (χ1) is 14.8. The van der Waals surface area contributed by atoms with Gasteiger partial charge in [0.1, 0.15) is 0 Å². The first-order valence-corrected chi connectivity index (χ1v) is 10.5. The maximum absolute atomic E-state index is 12.9. The fourth-order valence-electron chi connectivity index (χ4n) is 3.07. The fraction of sp³-hybridized carbons (Fsp3) is 0.0476. The van der Waals surface area contributed by atoms with Crippen LogP contribution >= 0.6 is 35.0 Å². The Balaban J connectivity index is 1.59. The number of rotatable bonds is 5. The second-order valence-corrected chi connectivity index (χ2v) is 8.42. The minimum absolute atomic E-state index is 0.0144. The summed E-state index contributed by atoms with van der Waals surface area (Å²) in [5.41, 5.74) is 1.95. The van der Waals surface area contributed by atoms with Crippen LogP contribution in [0.4, 0.5) is 10.5 Å². The number of imide groups is 1. The summed E-state index contributed by atoms with van der Waals surface area (Å²) in [7, 11) is 0. The molecule has 1 aliphatic heterocycles. The monoisotopic (exact) mass is 473 g/mol. The van der Waals surface area contributed by atoms with Crippen molar-refractivity contribution in [3.63, 3.8) is 0 Å². The van der Waals surface area contributed by atoms with Crippen LogP contribution in [0.5, 0.6) is 0 Å². The fourth-order valence-corrected chi connectivity index (χ4v) is 4.36. The zero-order valence-electron chi connectivity index (χ0n) is 15.7. The minimum atomic E-state index is -0.469. The van der Waals surface area contributed by atoms with Crippen molar-refractivity contribution < 1.29 is 14.5 Å². The van der Waals surface area contributed by atoms with Gasteiger partial charge >= 0.3 is 0 Å². The van der Waals surface area contributed by atoms with Crippen molar-refractivity contribution in [2.45, 2.75) is 6.54 Å². The van der Waals surface area contributed by atoms with E-state index in [9.17, 15) is 19.7 Å². The number of halogens is 2. The van der Waals surface area contributed by atoms with Gasteiger partial charge < -0.3 is 4.57 Å². The number of nitro groups is 1. The molecule has 0 N–H and O–H groups in total. The van der Waals surface area contributed by atoms with Crippen molar-refractivity contribution in [2.24, 2.45) is 0 Å². The van der Waals surface area contributed by atoms with E-state index in [1.807, 2.05) is 0 Å². The molecule has 2 heterocycles. The average Bonchev–Trinajstić information content (AvgIpc) is 3.30. The van der Waals surface area contributed by atoms with Crippen molar-refractivity contribution in [1.82, 2.24) is 9.47 Å². The Kier molecular flexibility index (Phi) is 5.86. The molecule has 0 saturated carbocycles. The van der Waals surface area contributed by atoms with Gasteiger partial charge in [-0.2, -0.15) is 0 Å². The topological polar surface area (TPSA) is 85.5 Å². The van der Waals surface area contributed by atoms with E-state index in [-0.39, 0.29) is 17.1 Å². The van der Waals surface area contributed by atoms with E-state index in [1.165, 1.54) is 12.1 Å². The summed E-state index contributed by atoms with van der Waals surface area (Å²) in [5, 5.41) is 11.3. The van der Waals surface area contributed by atoms with Gasteiger partial charge in [-0.05, 0) is 59.8 Å². The first kappa shape index (κ1) is 21.2. The number of carbonyl (C=O) groups is 2. The van der Waals surface area contributed by atoms with E-state index in [4.69, 9.17) is 23.2 Å². The van der Waals surface area contributed by atoms with Crippen molar-refractivity contribution in [3.8, 4) is 5.69 Å². The third kappa shape index (κ3) is 4.36. The van der Waals surface area contributed by atoms with E-state index < -0.39 is 16.1 Å². The molecule has 0 spiro atoms. The normalized spacial score (nSPS) is 15.2. The number of benzene rings is 2. The van der Waals surface area contributed by atoms with E-state index >= 15 is 0 Å². The molecule has 7 nitrogen and oxygen atoms in total. The zero-order valence-corrected chi connectivity index (χ0v) is 18.0. The van der Waals surface area contributed by atoms with E-state index in [1.54, 1.807) is 59.3 Å². The lowest BCUT2D eigenvalue weighted by Gasteiger charge is -2.13. The molecule has 1 saturated heterocycles. The van der Waals surface area contributed by atoms with Gasteiger partial charge in [-0.1, -0.05) is 29.3 Å². The van der Waals surface area contributed by atoms with Crippen molar-refractivity contribution >= 4 is 57.9 Å². The van der Waals surface area contributed by atoms with Crippen LogP contribution in [0.15, 0.2) is 65.7 Å². The van der Waals surface area contributed by atoms with Gasteiger partial charge in [0.15, 0.2) is 0 Å². The quantitative estimate of drug-likeness (QED) is 0.260. The molecule has 3 aromatic rings. The minimum Gasteiger partial charge on any atom is -0.317 e. The van der Waals surface area contributed by atoms with Gasteiger partial charge in [0.2, 0.25) is 0 Å². The molecule has 2 amide bonds. The number of non-ortho nitro benzene ring substituents is 1. The predicted molar refractivity (Wildman–Crippen MR) is 120 cm³/mol. The Hall–Kier alpha value is -3.07. The number of amides is 2. The second kappa shape index (κ2) is 8.58. The van der Waals surface area contributed by atoms with Gasteiger partial charge in [-0.15, -0.1) is 0 Å². The number of nitro benzene ring substituents is 1.